The SMILES string of the molecule is O=[N+]([O-])c1ccc(CN2CCC3CCC(C2)N3)c(Cl)c1. The molecule has 20 heavy (non-hydrogen) atoms. The van der Waals surface area contributed by atoms with E-state index in [1.54, 1.807) is 6.07 Å². The van der Waals surface area contributed by atoms with E-state index in [1.807, 2.05) is 0 Å². The average molecular weight is 296 g/mol. The normalized spacial score (nSPS) is 26.4. The van der Waals surface area contributed by atoms with Crippen LogP contribution in [0.4, 0.5) is 5.69 Å². The van der Waals surface area contributed by atoms with Crippen molar-refractivity contribution in [1.29, 1.82) is 0 Å². The molecule has 2 saturated heterocycles. The number of nitro benzene ring substituents is 1. The van der Waals surface area contributed by atoms with Crippen LogP contribution in [0, 0.1) is 10.1 Å². The number of hydrogen-bond donors (Lipinski definition) is 1. The van der Waals surface area contributed by atoms with E-state index in [2.05, 4.69) is 10.2 Å². The summed E-state index contributed by atoms with van der Waals surface area (Å²) in [5.41, 5.74) is 1.02. The third kappa shape index (κ3) is 2.95. The highest BCUT2D eigenvalue weighted by atomic mass is 35.5. The maximum atomic E-state index is 10.7. The summed E-state index contributed by atoms with van der Waals surface area (Å²) in [5.74, 6) is 0. The molecule has 2 aliphatic heterocycles. The van der Waals surface area contributed by atoms with Crippen molar-refractivity contribution in [2.24, 2.45) is 0 Å². The van der Waals surface area contributed by atoms with Crippen LogP contribution in [0.1, 0.15) is 24.8 Å². The second-order valence-corrected chi connectivity index (χ2v) is 6.10. The predicted molar refractivity (Wildman–Crippen MR) is 77.9 cm³/mol. The number of benzene rings is 1. The van der Waals surface area contributed by atoms with Crippen LogP contribution in [0.5, 0.6) is 0 Å². The summed E-state index contributed by atoms with van der Waals surface area (Å²) in [6.45, 7) is 2.85. The molecule has 0 spiro atoms. The minimum absolute atomic E-state index is 0.0512. The van der Waals surface area contributed by atoms with Gasteiger partial charge in [0.2, 0.25) is 0 Å². The molecule has 2 fully saturated rings. The Balaban J connectivity index is 1.69. The van der Waals surface area contributed by atoms with Crippen LogP contribution in [0.25, 0.3) is 0 Å². The molecule has 0 amide bonds. The van der Waals surface area contributed by atoms with Gasteiger partial charge < -0.3 is 5.32 Å². The smallest absolute Gasteiger partial charge is 0.270 e. The zero-order chi connectivity index (χ0) is 14.1. The fourth-order valence-corrected chi connectivity index (χ4v) is 3.41. The van der Waals surface area contributed by atoms with Gasteiger partial charge in [-0.2, -0.15) is 0 Å². The Morgan fingerprint density at radius 3 is 2.90 bits per heavy atom. The van der Waals surface area contributed by atoms with E-state index in [-0.39, 0.29) is 5.69 Å². The fourth-order valence-electron chi connectivity index (χ4n) is 3.18. The summed E-state index contributed by atoms with van der Waals surface area (Å²) in [4.78, 5) is 12.7. The molecule has 1 aromatic rings. The first-order valence-corrected chi connectivity index (χ1v) is 7.41. The Hall–Kier alpha value is -1.17. The van der Waals surface area contributed by atoms with Crippen molar-refractivity contribution < 1.29 is 4.92 Å². The second kappa shape index (κ2) is 5.68. The number of nitrogens with zero attached hydrogens (tertiary/aromatic N) is 2. The van der Waals surface area contributed by atoms with E-state index < -0.39 is 4.92 Å². The van der Waals surface area contributed by atoms with E-state index in [0.29, 0.717) is 17.1 Å². The third-order valence-electron chi connectivity index (χ3n) is 4.25. The van der Waals surface area contributed by atoms with Gasteiger partial charge >= 0.3 is 0 Å². The van der Waals surface area contributed by atoms with E-state index in [9.17, 15) is 10.1 Å². The highest BCUT2D eigenvalue weighted by molar-refractivity contribution is 6.31. The van der Waals surface area contributed by atoms with Gasteiger partial charge in [-0.3, -0.25) is 15.0 Å². The van der Waals surface area contributed by atoms with E-state index >= 15 is 0 Å². The number of nitro groups is 1. The van der Waals surface area contributed by atoms with Gasteiger partial charge in [0.05, 0.1) is 9.95 Å². The van der Waals surface area contributed by atoms with Crippen molar-refractivity contribution in [3.63, 3.8) is 0 Å². The molecular formula is C14H18ClN3O2. The summed E-state index contributed by atoms with van der Waals surface area (Å²) >= 11 is 6.17. The van der Waals surface area contributed by atoms with Crippen molar-refractivity contribution in [1.82, 2.24) is 10.2 Å². The van der Waals surface area contributed by atoms with Crippen molar-refractivity contribution in [3.8, 4) is 0 Å². The van der Waals surface area contributed by atoms with Crippen LogP contribution >= 0.6 is 11.6 Å². The van der Waals surface area contributed by atoms with Crippen LogP contribution in [-0.2, 0) is 6.54 Å². The lowest BCUT2D eigenvalue weighted by molar-refractivity contribution is -0.384. The molecule has 0 aromatic heterocycles. The largest absolute Gasteiger partial charge is 0.310 e. The van der Waals surface area contributed by atoms with Gasteiger partial charge in [-0.25, -0.2) is 0 Å². The maximum absolute atomic E-state index is 10.7. The summed E-state index contributed by atoms with van der Waals surface area (Å²) in [6, 6.07) is 6.00. The minimum atomic E-state index is -0.412. The Bertz CT molecular complexity index is 523. The number of hydrogen-bond acceptors (Lipinski definition) is 4. The fraction of sp³-hybridized carbons (Fsp3) is 0.571. The van der Waals surface area contributed by atoms with Crippen molar-refractivity contribution in [3.05, 3.63) is 38.9 Å². The summed E-state index contributed by atoms with van der Waals surface area (Å²) in [7, 11) is 0. The van der Waals surface area contributed by atoms with Gasteiger partial charge in [-0.15, -0.1) is 0 Å². The van der Waals surface area contributed by atoms with E-state index in [4.69, 9.17) is 11.6 Å². The lowest BCUT2D eigenvalue weighted by Crippen LogP contribution is -2.35. The second-order valence-electron chi connectivity index (χ2n) is 5.69. The standard InChI is InChI=1S/C14H18ClN3O2/c15-14-7-13(18(19)20)4-1-10(14)8-17-6-5-11-2-3-12(9-17)16-11/h1,4,7,11-12,16H,2-3,5-6,8-9H2. The highest BCUT2D eigenvalue weighted by Gasteiger charge is 2.29. The molecule has 2 aliphatic rings. The first-order chi connectivity index (χ1) is 9.61. The number of non-ortho nitro benzene ring substituents is 1. The van der Waals surface area contributed by atoms with Gasteiger partial charge in [-0.1, -0.05) is 11.6 Å². The Morgan fingerprint density at radius 2 is 2.15 bits per heavy atom. The Labute approximate surface area is 123 Å². The topological polar surface area (TPSA) is 58.4 Å². The van der Waals surface area contributed by atoms with E-state index in [1.165, 1.54) is 31.4 Å². The Kier molecular flexibility index (Phi) is 3.92. The Morgan fingerprint density at radius 1 is 1.35 bits per heavy atom. The monoisotopic (exact) mass is 295 g/mol. The number of nitrogens with one attached hydrogen (secondary N) is 1. The molecule has 3 rings (SSSR count). The van der Waals surface area contributed by atoms with Crippen LogP contribution in [0.2, 0.25) is 5.02 Å². The molecule has 1 N–H and O–H groups in total. The maximum Gasteiger partial charge on any atom is 0.270 e. The number of fused-ring (bicyclic) bond motifs is 2. The predicted octanol–water partition coefficient (Wildman–Crippen LogP) is 2.57. The van der Waals surface area contributed by atoms with Crippen LogP contribution in [0.15, 0.2) is 18.2 Å². The molecule has 2 unspecified atom stereocenters. The molecule has 108 valence electrons. The van der Waals surface area contributed by atoms with Crippen molar-refractivity contribution >= 4 is 17.3 Å². The molecular weight excluding hydrogens is 278 g/mol. The van der Waals surface area contributed by atoms with Gasteiger partial charge in [0.15, 0.2) is 0 Å². The minimum Gasteiger partial charge on any atom is -0.310 e. The quantitative estimate of drug-likeness (QED) is 0.688. The first kappa shape index (κ1) is 13.8. The third-order valence-corrected chi connectivity index (χ3v) is 4.60. The molecule has 2 heterocycles. The molecule has 0 saturated carbocycles. The number of rotatable bonds is 3. The van der Waals surface area contributed by atoms with Crippen molar-refractivity contribution in [2.75, 3.05) is 13.1 Å². The zero-order valence-electron chi connectivity index (χ0n) is 11.2. The van der Waals surface area contributed by atoms with Gasteiger partial charge in [0.1, 0.15) is 0 Å². The lowest BCUT2D eigenvalue weighted by Gasteiger charge is -2.24. The lowest BCUT2D eigenvalue weighted by atomic mass is 10.1. The molecule has 2 bridgehead atoms. The molecule has 6 heteroatoms. The van der Waals surface area contributed by atoms with Crippen molar-refractivity contribution in [2.45, 2.75) is 37.9 Å². The van der Waals surface area contributed by atoms with Crippen LogP contribution < -0.4 is 5.32 Å². The summed E-state index contributed by atoms with van der Waals surface area (Å²) in [5, 5.41) is 14.8. The van der Waals surface area contributed by atoms with Crippen LogP contribution in [0.3, 0.4) is 0 Å². The zero-order valence-corrected chi connectivity index (χ0v) is 12.0. The van der Waals surface area contributed by atoms with Gasteiger partial charge in [0, 0.05) is 43.9 Å². The average Bonchev–Trinajstić information content (AvgIpc) is 2.74. The molecule has 0 aliphatic carbocycles. The molecule has 2 atom stereocenters. The highest BCUT2D eigenvalue weighted by Crippen LogP contribution is 2.26. The summed E-state index contributed by atoms with van der Waals surface area (Å²) in [6.07, 6.45) is 3.70. The van der Waals surface area contributed by atoms with Gasteiger partial charge in [-0.05, 0) is 30.9 Å². The number of halogens is 1. The molecule has 1 aromatic carbocycles. The first-order valence-electron chi connectivity index (χ1n) is 7.03. The molecule has 5 nitrogen and oxygen atoms in total. The number of likely N-dealkylation sites (tertiary alicyclic amines) is 1. The summed E-state index contributed by atoms with van der Waals surface area (Å²) < 4.78 is 0. The van der Waals surface area contributed by atoms with Gasteiger partial charge in [0.25, 0.3) is 5.69 Å². The molecule has 0 radical (unpaired) electrons. The van der Waals surface area contributed by atoms with E-state index in [0.717, 1.165) is 25.2 Å². The van der Waals surface area contributed by atoms with Crippen LogP contribution in [-0.4, -0.2) is 35.0 Å².